The number of esters is 1. The van der Waals surface area contributed by atoms with Gasteiger partial charge in [-0.3, -0.25) is 9.59 Å². The maximum atomic E-state index is 13.6. The first-order valence-electron chi connectivity index (χ1n) is 13.3. The van der Waals surface area contributed by atoms with E-state index in [2.05, 4.69) is 29.1 Å². The molecule has 0 saturated heterocycles. The molecule has 3 amide bonds. The molecule has 1 fully saturated rings. The standard InChI is InChI=1S/C29H45N5O4S/c1-27(2,3)25(36)38-18-21(19-13-10-9-11-14-19)32-26(37)34-17-20(22(30)28(34,4)5)23(31)33-24(35)29(15-12-16-29)39(6,7)8/h9-11,13-14,21H,12,15-18,30H2,1-8H3,(H,32,37)(H2,31,33,35). The Balaban J connectivity index is 1.81. The van der Waals surface area contributed by atoms with Crippen LogP contribution in [-0.2, 0) is 14.3 Å². The molecule has 0 radical (unpaired) electrons. The Kier molecular flexibility index (Phi) is 8.51. The number of hydrogen-bond donors (Lipinski definition) is 3. The van der Waals surface area contributed by atoms with Crippen molar-refractivity contribution in [3.05, 3.63) is 47.2 Å². The second-order valence-corrected chi connectivity index (χ2v) is 17.2. The smallest absolute Gasteiger partial charge is 0.319 e. The van der Waals surface area contributed by atoms with Gasteiger partial charge in [0.2, 0.25) is 0 Å². The molecule has 1 aliphatic carbocycles. The summed E-state index contributed by atoms with van der Waals surface area (Å²) in [4.78, 5) is 45.2. The predicted molar refractivity (Wildman–Crippen MR) is 159 cm³/mol. The van der Waals surface area contributed by atoms with E-state index in [0.717, 1.165) is 24.8 Å². The second-order valence-electron chi connectivity index (χ2n) is 12.8. The van der Waals surface area contributed by atoms with E-state index >= 15 is 0 Å². The zero-order chi connectivity index (χ0) is 29.4. The summed E-state index contributed by atoms with van der Waals surface area (Å²) in [5, 5.41) is 3.00. The molecule has 3 rings (SSSR count). The van der Waals surface area contributed by atoms with Crippen molar-refractivity contribution in [3.8, 4) is 0 Å². The first kappa shape index (κ1) is 30.5. The lowest BCUT2D eigenvalue weighted by Crippen LogP contribution is -2.52. The van der Waals surface area contributed by atoms with E-state index < -0.39 is 37.8 Å². The average Bonchev–Trinajstić information content (AvgIpc) is 3.03. The largest absolute Gasteiger partial charge is 0.463 e. The third kappa shape index (κ3) is 6.10. The molecule has 1 aromatic carbocycles. The Morgan fingerprint density at radius 3 is 2.21 bits per heavy atom. The second kappa shape index (κ2) is 10.9. The topological polar surface area (TPSA) is 140 Å². The molecule has 0 spiro atoms. The summed E-state index contributed by atoms with van der Waals surface area (Å²) in [6.07, 6.45) is 9.04. The number of hydrogen-bond acceptors (Lipinski definition) is 5. The predicted octanol–water partition coefficient (Wildman–Crippen LogP) is 3.83. The van der Waals surface area contributed by atoms with Crippen LogP contribution in [0.1, 0.15) is 65.5 Å². The average molecular weight is 560 g/mol. The summed E-state index contributed by atoms with van der Waals surface area (Å²) >= 11 is 0. The lowest BCUT2D eigenvalue weighted by Gasteiger charge is -2.52. The van der Waals surface area contributed by atoms with Crippen LogP contribution in [0, 0.1) is 5.41 Å². The van der Waals surface area contributed by atoms with Crippen molar-refractivity contribution >= 4 is 33.8 Å². The number of urea groups is 1. The summed E-state index contributed by atoms with van der Waals surface area (Å²) in [6.45, 7) is 9.07. The van der Waals surface area contributed by atoms with Crippen molar-refractivity contribution < 1.29 is 19.1 Å². The van der Waals surface area contributed by atoms with Gasteiger partial charge in [-0.05, 0) is 78.2 Å². The third-order valence-electron chi connectivity index (χ3n) is 7.97. The molecular weight excluding hydrogens is 514 g/mol. The van der Waals surface area contributed by atoms with Gasteiger partial charge in [0.05, 0.1) is 28.3 Å². The number of carbonyl (C=O) groups is 3. The number of nitrogens with zero attached hydrogens (tertiary/aromatic N) is 2. The van der Waals surface area contributed by atoms with E-state index in [-0.39, 0.29) is 30.9 Å². The normalized spacial score (nSPS) is 20.2. The van der Waals surface area contributed by atoms with Gasteiger partial charge in [0, 0.05) is 11.3 Å². The number of nitrogens with one attached hydrogen (secondary N) is 1. The van der Waals surface area contributed by atoms with Crippen LogP contribution in [0.2, 0.25) is 0 Å². The van der Waals surface area contributed by atoms with Gasteiger partial charge in [0.25, 0.3) is 5.91 Å². The fourth-order valence-corrected chi connectivity index (χ4v) is 6.96. The Hall–Kier alpha value is -3.01. The summed E-state index contributed by atoms with van der Waals surface area (Å²) in [7, 11) is -1.19. The maximum absolute atomic E-state index is 13.6. The highest BCUT2D eigenvalue weighted by Gasteiger charge is 2.51. The van der Waals surface area contributed by atoms with Crippen molar-refractivity contribution in [3.63, 3.8) is 0 Å². The molecule has 0 bridgehead atoms. The first-order valence-corrected chi connectivity index (χ1v) is 16.1. The van der Waals surface area contributed by atoms with Crippen LogP contribution in [0.25, 0.3) is 0 Å². The Morgan fingerprint density at radius 1 is 1.13 bits per heavy atom. The molecule has 9 nitrogen and oxygen atoms in total. The van der Waals surface area contributed by atoms with Gasteiger partial charge in [-0.2, -0.15) is 4.99 Å². The summed E-state index contributed by atoms with van der Waals surface area (Å²) < 4.78 is 5.10. The number of amides is 3. The number of rotatable bonds is 7. The lowest BCUT2D eigenvalue weighted by molar-refractivity contribution is -0.153. The van der Waals surface area contributed by atoms with Gasteiger partial charge >= 0.3 is 12.0 Å². The molecular formula is C29H45N5O4S. The zero-order valence-corrected chi connectivity index (χ0v) is 25.4. The number of benzene rings is 1. The highest BCUT2D eigenvalue weighted by molar-refractivity contribution is 8.33. The Bertz CT molecular complexity index is 1170. The number of nitrogens with two attached hydrogens (primary N) is 2. The minimum atomic E-state index is -1.19. The molecule has 39 heavy (non-hydrogen) atoms. The minimum Gasteiger partial charge on any atom is -0.463 e. The van der Waals surface area contributed by atoms with Gasteiger partial charge in [-0.1, -0.05) is 30.3 Å². The molecule has 10 heteroatoms. The molecule has 1 unspecified atom stereocenters. The van der Waals surface area contributed by atoms with Crippen molar-refractivity contribution in [1.82, 2.24) is 10.2 Å². The minimum absolute atomic E-state index is 0.0226. The fraction of sp³-hybridized carbons (Fsp3) is 0.586. The number of amidine groups is 1. The van der Waals surface area contributed by atoms with Crippen LogP contribution in [0.15, 0.2) is 46.6 Å². The third-order valence-corrected chi connectivity index (χ3v) is 10.9. The van der Waals surface area contributed by atoms with Crippen LogP contribution < -0.4 is 16.8 Å². The molecule has 1 saturated carbocycles. The highest BCUT2D eigenvalue weighted by Crippen LogP contribution is 2.61. The number of ether oxygens (including phenoxy) is 1. The van der Waals surface area contributed by atoms with Crippen LogP contribution in [0.3, 0.4) is 0 Å². The Labute approximate surface area is 234 Å². The molecule has 1 aliphatic heterocycles. The van der Waals surface area contributed by atoms with Gasteiger partial charge in [-0.25, -0.2) is 14.8 Å². The number of aliphatic imine (C=N–C) groups is 1. The summed E-state index contributed by atoms with van der Waals surface area (Å²) in [6, 6.07) is 8.36. The lowest BCUT2D eigenvalue weighted by atomic mass is 9.83. The van der Waals surface area contributed by atoms with Crippen LogP contribution in [0.4, 0.5) is 4.79 Å². The van der Waals surface area contributed by atoms with Crippen LogP contribution in [-0.4, -0.2) is 70.8 Å². The van der Waals surface area contributed by atoms with E-state index in [1.807, 2.05) is 44.2 Å². The Morgan fingerprint density at radius 2 is 1.72 bits per heavy atom. The monoisotopic (exact) mass is 559 g/mol. The SMILES string of the molecule is CC(C)(C)C(=O)OCC(NC(=O)N1CC(C(N)=NC(=O)C2(S(C)(C)C)CCC2)=C(N)C1(C)C)c1ccccc1. The van der Waals surface area contributed by atoms with E-state index in [1.54, 1.807) is 25.7 Å². The van der Waals surface area contributed by atoms with Crippen LogP contribution >= 0.6 is 10.0 Å². The van der Waals surface area contributed by atoms with E-state index in [0.29, 0.717) is 11.3 Å². The zero-order valence-electron chi connectivity index (χ0n) is 24.6. The summed E-state index contributed by atoms with van der Waals surface area (Å²) in [5.41, 5.74) is 13.0. The van der Waals surface area contributed by atoms with E-state index in [9.17, 15) is 14.4 Å². The molecule has 5 N–H and O–H groups in total. The van der Waals surface area contributed by atoms with E-state index in [4.69, 9.17) is 16.2 Å². The maximum Gasteiger partial charge on any atom is 0.319 e. The van der Waals surface area contributed by atoms with E-state index in [1.165, 1.54) is 0 Å². The van der Waals surface area contributed by atoms with Gasteiger partial charge < -0.3 is 26.4 Å². The quantitative estimate of drug-likeness (QED) is 0.263. The highest BCUT2D eigenvalue weighted by atomic mass is 32.3. The van der Waals surface area contributed by atoms with Crippen molar-refractivity contribution in [2.75, 3.05) is 31.9 Å². The first-order chi connectivity index (χ1) is 17.9. The van der Waals surface area contributed by atoms with Gasteiger partial charge in [-0.15, -0.1) is 0 Å². The van der Waals surface area contributed by atoms with Crippen molar-refractivity contribution in [2.24, 2.45) is 21.9 Å². The van der Waals surface area contributed by atoms with Crippen molar-refractivity contribution in [1.29, 1.82) is 0 Å². The van der Waals surface area contributed by atoms with Gasteiger partial charge in [0.15, 0.2) is 0 Å². The van der Waals surface area contributed by atoms with Gasteiger partial charge in [0.1, 0.15) is 12.4 Å². The molecule has 1 heterocycles. The number of carbonyl (C=O) groups excluding carboxylic acids is 3. The van der Waals surface area contributed by atoms with Crippen molar-refractivity contribution in [2.45, 2.75) is 70.2 Å². The fourth-order valence-electron chi connectivity index (χ4n) is 4.87. The summed E-state index contributed by atoms with van der Waals surface area (Å²) in [5.74, 6) is -0.489. The molecule has 216 valence electrons. The molecule has 1 aromatic rings. The molecule has 0 aromatic heterocycles. The van der Waals surface area contributed by atoms with Crippen LogP contribution in [0.5, 0.6) is 0 Å². The molecule has 2 aliphatic rings. The molecule has 1 atom stereocenters.